The Kier molecular flexibility index (Phi) is 4.96. The molecule has 0 aliphatic heterocycles. The summed E-state index contributed by atoms with van der Waals surface area (Å²) in [5.41, 5.74) is 4.76. The lowest BCUT2D eigenvalue weighted by Gasteiger charge is -2.12. The van der Waals surface area contributed by atoms with Gasteiger partial charge in [0.05, 0.1) is 32.0 Å². The summed E-state index contributed by atoms with van der Waals surface area (Å²) in [5, 5.41) is 3.60. The molecule has 110 valence electrons. The van der Waals surface area contributed by atoms with E-state index in [2.05, 4.69) is 10.7 Å². The van der Waals surface area contributed by atoms with E-state index in [1.165, 1.54) is 12.1 Å². The van der Waals surface area contributed by atoms with Crippen LogP contribution in [-0.4, -0.2) is 5.91 Å². The Labute approximate surface area is 137 Å². The summed E-state index contributed by atoms with van der Waals surface area (Å²) in [6.45, 7) is 1.90. The van der Waals surface area contributed by atoms with Crippen LogP contribution in [0, 0.1) is 6.92 Å². The zero-order valence-corrected chi connectivity index (χ0v) is 13.3. The summed E-state index contributed by atoms with van der Waals surface area (Å²) in [6.07, 6.45) is 0. The van der Waals surface area contributed by atoms with Crippen LogP contribution in [0.1, 0.15) is 15.9 Å². The van der Waals surface area contributed by atoms with Crippen LogP contribution in [0.5, 0.6) is 0 Å². The highest BCUT2D eigenvalue weighted by Crippen LogP contribution is 2.32. The lowest BCUT2D eigenvalue weighted by atomic mass is 10.1. The highest BCUT2D eigenvalue weighted by Gasteiger charge is 2.14. The van der Waals surface area contributed by atoms with Crippen molar-refractivity contribution in [2.24, 2.45) is 5.84 Å². The summed E-state index contributed by atoms with van der Waals surface area (Å²) in [5.74, 6) is 5.07. The van der Waals surface area contributed by atoms with Gasteiger partial charge >= 0.3 is 0 Å². The molecular formula is C14H12Cl3N3O. The summed E-state index contributed by atoms with van der Waals surface area (Å²) in [6, 6.07) is 8.22. The second-order valence-electron chi connectivity index (χ2n) is 4.39. The fourth-order valence-electron chi connectivity index (χ4n) is 1.78. The SMILES string of the molecule is Cc1ccc(C(=O)Nc2cc(Cl)c(Cl)cc2Cl)c(NN)c1. The number of hydrogen-bond donors (Lipinski definition) is 3. The summed E-state index contributed by atoms with van der Waals surface area (Å²) in [4.78, 5) is 12.3. The fourth-order valence-corrected chi connectivity index (χ4v) is 2.38. The minimum Gasteiger partial charge on any atom is -0.323 e. The Morgan fingerprint density at radius 3 is 2.33 bits per heavy atom. The van der Waals surface area contributed by atoms with E-state index in [0.29, 0.717) is 32.0 Å². The van der Waals surface area contributed by atoms with Crippen molar-refractivity contribution < 1.29 is 4.79 Å². The molecular weight excluding hydrogens is 333 g/mol. The number of nitrogen functional groups attached to an aromatic ring is 1. The van der Waals surface area contributed by atoms with Crippen molar-refractivity contribution in [1.82, 2.24) is 0 Å². The van der Waals surface area contributed by atoms with E-state index in [-0.39, 0.29) is 5.91 Å². The molecule has 0 saturated carbocycles. The van der Waals surface area contributed by atoms with E-state index in [1.807, 2.05) is 13.0 Å². The molecule has 0 aliphatic carbocycles. The maximum atomic E-state index is 12.3. The number of hydrazine groups is 1. The molecule has 0 spiro atoms. The zero-order valence-electron chi connectivity index (χ0n) is 11.0. The molecule has 0 aromatic heterocycles. The van der Waals surface area contributed by atoms with Gasteiger partial charge in [0.15, 0.2) is 0 Å². The van der Waals surface area contributed by atoms with Gasteiger partial charge in [0.1, 0.15) is 0 Å². The molecule has 0 bridgehead atoms. The monoisotopic (exact) mass is 343 g/mol. The number of carbonyl (C=O) groups excluding carboxylic acids is 1. The molecule has 4 N–H and O–H groups in total. The topological polar surface area (TPSA) is 67.2 Å². The molecule has 0 fully saturated rings. The lowest BCUT2D eigenvalue weighted by Crippen LogP contribution is -2.17. The van der Waals surface area contributed by atoms with E-state index in [4.69, 9.17) is 40.6 Å². The predicted molar refractivity (Wildman–Crippen MR) is 88.4 cm³/mol. The number of nitrogens with one attached hydrogen (secondary N) is 2. The highest BCUT2D eigenvalue weighted by atomic mass is 35.5. The molecule has 0 heterocycles. The van der Waals surface area contributed by atoms with E-state index in [0.717, 1.165) is 5.56 Å². The Balaban J connectivity index is 2.32. The van der Waals surface area contributed by atoms with Crippen molar-refractivity contribution in [2.45, 2.75) is 6.92 Å². The maximum Gasteiger partial charge on any atom is 0.257 e. The molecule has 21 heavy (non-hydrogen) atoms. The minimum atomic E-state index is -0.358. The van der Waals surface area contributed by atoms with Gasteiger partial charge in [-0.3, -0.25) is 10.6 Å². The van der Waals surface area contributed by atoms with E-state index >= 15 is 0 Å². The van der Waals surface area contributed by atoms with Crippen LogP contribution in [-0.2, 0) is 0 Å². The number of nitrogens with two attached hydrogens (primary N) is 1. The van der Waals surface area contributed by atoms with Gasteiger partial charge in [-0.15, -0.1) is 0 Å². The van der Waals surface area contributed by atoms with Crippen molar-refractivity contribution >= 4 is 52.1 Å². The van der Waals surface area contributed by atoms with Crippen LogP contribution in [0.2, 0.25) is 15.1 Å². The van der Waals surface area contributed by atoms with Crippen LogP contribution >= 0.6 is 34.8 Å². The summed E-state index contributed by atoms with van der Waals surface area (Å²) in [7, 11) is 0. The zero-order chi connectivity index (χ0) is 15.6. The molecule has 7 heteroatoms. The van der Waals surface area contributed by atoms with Gasteiger partial charge in [-0.2, -0.15) is 0 Å². The Hall–Kier alpha value is -1.46. The van der Waals surface area contributed by atoms with Crippen molar-refractivity contribution in [3.8, 4) is 0 Å². The van der Waals surface area contributed by atoms with Gasteiger partial charge in [-0.05, 0) is 36.8 Å². The van der Waals surface area contributed by atoms with Gasteiger partial charge in [0.2, 0.25) is 0 Å². The number of halogens is 3. The normalized spacial score (nSPS) is 10.3. The van der Waals surface area contributed by atoms with Gasteiger partial charge in [0.25, 0.3) is 5.91 Å². The molecule has 0 saturated heterocycles. The van der Waals surface area contributed by atoms with E-state index in [9.17, 15) is 4.79 Å². The molecule has 1 amide bonds. The summed E-state index contributed by atoms with van der Waals surface area (Å²) < 4.78 is 0. The standard InChI is InChI=1S/C14H12Cl3N3O/c1-7-2-3-8(12(4-7)20-18)14(21)19-13-6-10(16)9(15)5-11(13)17/h2-6,20H,18H2,1H3,(H,19,21). The van der Waals surface area contributed by atoms with Crippen molar-refractivity contribution in [3.63, 3.8) is 0 Å². The smallest absolute Gasteiger partial charge is 0.257 e. The number of anilines is 2. The molecule has 4 nitrogen and oxygen atoms in total. The van der Waals surface area contributed by atoms with Crippen molar-refractivity contribution in [2.75, 3.05) is 10.7 Å². The molecule has 0 aliphatic rings. The number of amides is 1. The molecule has 2 aromatic rings. The number of aryl methyl sites for hydroxylation is 1. The number of carbonyl (C=O) groups is 1. The molecule has 2 rings (SSSR count). The minimum absolute atomic E-state index is 0.298. The predicted octanol–water partition coefficient (Wildman–Crippen LogP) is 4.49. The highest BCUT2D eigenvalue weighted by molar-refractivity contribution is 6.44. The first-order valence-electron chi connectivity index (χ1n) is 5.95. The number of benzene rings is 2. The Morgan fingerprint density at radius 2 is 1.67 bits per heavy atom. The third-order valence-electron chi connectivity index (χ3n) is 2.83. The maximum absolute atomic E-state index is 12.3. The quantitative estimate of drug-likeness (QED) is 0.436. The first kappa shape index (κ1) is 15.9. The molecule has 2 aromatic carbocycles. The van der Waals surface area contributed by atoms with Crippen LogP contribution in [0.3, 0.4) is 0 Å². The molecule has 0 radical (unpaired) electrons. The fraction of sp³-hybridized carbons (Fsp3) is 0.0714. The van der Waals surface area contributed by atoms with Gasteiger partial charge in [-0.1, -0.05) is 40.9 Å². The summed E-state index contributed by atoms with van der Waals surface area (Å²) >= 11 is 17.8. The van der Waals surface area contributed by atoms with Crippen LogP contribution in [0.15, 0.2) is 30.3 Å². The lowest BCUT2D eigenvalue weighted by molar-refractivity contribution is 0.102. The van der Waals surface area contributed by atoms with Crippen LogP contribution in [0.25, 0.3) is 0 Å². The molecule has 0 unspecified atom stereocenters. The second kappa shape index (κ2) is 6.54. The van der Waals surface area contributed by atoms with Gasteiger partial charge in [0, 0.05) is 0 Å². The average molecular weight is 345 g/mol. The van der Waals surface area contributed by atoms with Gasteiger partial charge in [-0.25, -0.2) is 0 Å². The van der Waals surface area contributed by atoms with Crippen LogP contribution in [0.4, 0.5) is 11.4 Å². The third kappa shape index (κ3) is 3.60. The number of hydrogen-bond acceptors (Lipinski definition) is 3. The van der Waals surface area contributed by atoms with Crippen LogP contribution < -0.4 is 16.6 Å². The third-order valence-corrected chi connectivity index (χ3v) is 3.87. The van der Waals surface area contributed by atoms with Crippen molar-refractivity contribution in [1.29, 1.82) is 0 Å². The first-order chi connectivity index (χ1) is 9.92. The van der Waals surface area contributed by atoms with E-state index < -0.39 is 0 Å². The largest absolute Gasteiger partial charge is 0.323 e. The second-order valence-corrected chi connectivity index (χ2v) is 5.62. The first-order valence-corrected chi connectivity index (χ1v) is 7.09. The Bertz CT molecular complexity index is 704. The Morgan fingerprint density at radius 1 is 1.00 bits per heavy atom. The average Bonchev–Trinajstić information content (AvgIpc) is 2.44. The molecule has 0 atom stereocenters. The number of rotatable bonds is 3. The van der Waals surface area contributed by atoms with Gasteiger partial charge < -0.3 is 10.7 Å². The van der Waals surface area contributed by atoms with E-state index in [1.54, 1.807) is 12.1 Å². The van der Waals surface area contributed by atoms with Crippen molar-refractivity contribution in [3.05, 3.63) is 56.5 Å².